The maximum atomic E-state index is 9.32. The molecule has 2 aromatic carbocycles. The monoisotopic (exact) mass is 265 g/mol. The molecule has 3 heteroatoms. The predicted molar refractivity (Wildman–Crippen MR) is 79.5 cm³/mol. The molecule has 0 spiro atoms. The molecule has 0 radical (unpaired) electrons. The van der Waals surface area contributed by atoms with E-state index in [1.807, 2.05) is 48.5 Å². The van der Waals surface area contributed by atoms with Gasteiger partial charge in [-0.2, -0.15) is 5.26 Å². The summed E-state index contributed by atoms with van der Waals surface area (Å²) >= 11 is 0. The molecule has 0 aliphatic carbocycles. The number of benzene rings is 2. The van der Waals surface area contributed by atoms with Crippen molar-refractivity contribution < 1.29 is 9.47 Å². The Hall–Kier alpha value is -2.73. The van der Waals surface area contributed by atoms with E-state index in [-0.39, 0.29) is 0 Å². The first-order chi connectivity index (χ1) is 9.78. The number of allylic oxidation sites excluding steroid dienone is 1. The van der Waals surface area contributed by atoms with Crippen LogP contribution in [0.5, 0.6) is 11.5 Å². The van der Waals surface area contributed by atoms with Crippen LogP contribution in [0.2, 0.25) is 0 Å². The second-order valence-corrected chi connectivity index (χ2v) is 4.14. The van der Waals surface area contributed by atoms with Gasteiger partial charge in [0, 0.05) is 11.6 Å². The van der Waals surface area contributed by atoms with Gasteiger partial charge in [0.1, 0.15) is 11.5 Å². The molecule has 2 rings (SSSR count). The van der Waals surface area contributed by atoms with E-state index in [0.717, 1.165) is 16.9 Å². The number of methoxy groups -OCH3 is 2. The minimum Gasteiger partial charge on any atom is -0.497 e. The van der Waals surface area contributed by atoms with Gasteiger partial charge in [0.15, 0.2) is 0 Å². The van der Waals surface area contributed by atoms with Crippen LogP contribution in [0, 0.1) is 11.3 Å². The van der Waals surface area contributed by atoms with Crippen LogP contribution in [0.1, 0.15) is 11.1 Å². The molecule has 0 bridgehead atoms. The van der Waals surface area contributed by atoms with Crippen LogP contribution in [0.4, 0.5) is 0 Å². The number of hydrogen-bond acceptors (Lipinski definition) is 3. The molecule has 0 aromatic heterocycles. The molecular weight excluding hydrogens is 250 g/mol. The van der Waals surface area contributed by atoms with Crippen LogP contribution in [-0.4, -0.2) is 14.2 Å². The van der Waals surface area contributed by atoms with Crippen molar-refractivity contribution in [3.8, 4) is 17.6 Å². The Balaban J connectivity index is 2.46. The molecule has 0 unspecified atom stereocenters. The molecule has 2 aromatic rings. The first-order valence-corrected chi connectivity index (χ1v) is 6.17. The number of nitrogens with zero attached hydrogens (tertiary/aromatic N) is 1. The van der Waals surface area contributed by atoms with Gasteiger partial charge in [-0.05, 0) is 23.8 Å². The predicted octanol–water partition coefficient (Wildman–Crippen LogP) is 3.77. The van der Waals surface area contributed by atoms with Crippen LogP contribution in [0.3, 0.4) is 0 Å². The van der Waals surface area contributed by atoms with Crippen molar-refractivity contribution in [3.63, 3.8) is 0 Å². The summed E-state index contributed by atoms with van der Waals surface area (Å²) in [6, 6.07) is 17.3. The highest BCUT2D eigenvalue weighted by Crippen LogP contribution is 2.28. The van der Waals surface area contributed by atoms with Gasteiger partial charge < -0.3 is 9.47 Å². The number of rotatable bonds is 4. The Kier molecular flexibility index (Phi) is 4.41. The molecule has 0 saturated heterocycles. The lowest BCUT2D eigenvalue weighted by molar-refractivity contribution is 0.394. The SMILES string of the molecule is COc1ccc(C=C(C#N)c2ccccc2)c(OC)c1. The van der Waals surface area contributed by atoms with Gasteiger partial charge in [-0.3, -0.25) is 0 Å². The van der Waals surface area contributed by atoms with Crippen LogP contribution in [0.15, 0.2) is 48.5 Å². The Morgan fingerprint density at radius 2 is 1.80 bits per heavy atom. The molecule has 20 heavy (non-hydrogen) atoms. The van der Waals surface area contributed by atoms with Gasteiger partial charge in [-0.1, -0.05) is 30.3 Å². The standard InChI is InChI=1S/C17H15NO2/c1-19-16-9-8-14(17(11-16)20-2)10-15(12-18)13-6-4-3-5-7-13/h3-11H,1-2H3. The van der Waals surface area contributed by atoms with Gasteiger partial charge in [0.25, 0.3) is 0 Å². The lowest BCUT2D eigenvalue weighted by atomic mass is 10.0. The van der Waals surface area contributed by atoms with Crippen molar-refractivity contribution in [2.75, 3.05) is 14.2 Å². The van der Waals surface area contributed by atoms with Gasteiger partial charge in [0.05, 0.1) is 25.9 Å². The maximum absolute atomic E-state index is 9.32. The minimum atomic E-state index is 0.592. The highest BCUT2D eigenvalue weighted by molar-refractivity contribution is 5.90. The molecule has 0 N–H and O–H groups in total. The lowest BCUT2D eigenvalue weighted by Crippen LogP contribution is -1.90. The average Bonchev–Trinajstić information content (AvgIpc) is 2.53. The topological polar surface area (TPSA) is 42.2 Å². The molecule has 0 aliphatic rings. The third kappa shape index (κ3) is 2.99. The highest BCUT2D eigenvalue weighted by Gasteiger charge is 2.06. The van der Waals surface area contributed by atoms with E-state index in [2.05, 4.69) is 6.07 Å². The fourth-order valence-electron chi connectivity index (χ4n) is 1.89. The largest absolute Gasteiger partial charge is 0.497 e. The van der Waals surface area contributed by atoms with E-state index in [1.165, 1.54) is 0 Å². The van der Waals surface area contributed by atoms with Crippen molar-refractivity contribution >= 4 is 11.6 Å². The van der Waals surface area contributed by atoms with Crippen LogP contribution in [-0.2, 0) is 0 Å². The van der Waals surface area contributed by atoms with Crippen LogP contribution in [0.25, 0.3) is 11.6 Å². The normalized spacial score (nSPS) is 10.8. The number of ether oxygens (including phenoxy) is 2. The molecule has 3 nitrogen and oxygen atoms in total. The van der Waals surface area contributed by atoms with E-state index >= 15 is 0 Å². The first-order valence-electron chi connectivity index (χ1n) is 6.17. The Morgan fingerprint density at radius 3 is 2.40 bits per heavy atom. The zero-order valence-corrected chi connectivity index (χ0v) is 11.5. The fourth-order valence-corrected chi connectivity index (χ4v) is 1.89. The smallest absolute Gasteiger partial charge is 0.129 e. The Morgan fingerprint density at radius 1 is 1.05 bits per heavy atom. The summed E-state index contributed by atoms with van der Waals surface area (Å²) < 4.78 is 10.5. The van der Waals surface area contributed by atoms with E-state index in [1.54, 1.807) is 20.3 Å². The molecular formula is C17H15NO2. The van der Waals surface area contributed by atoms with Crippen LogP contribution >= 0.6 is 0 Å². The molecule has 0 heterocycles. The average molecular weight is 265 g/mol. The molecule has 0 aliphatic heterocycles. The van der Waals surface area contributed by atoms with Gasteiger partial charge in [-0.25, -0.2) is 0 Å². The lowest BCUT2D eigenvalue weighted by Gasteiger charge is -2.08. The summed E-state index contributed by atoms with van der Waals surface area (Å²) in [5.41, 5.74) is 2.32. The Bertz CT molecular complexity index is 654. The van der Waals surface area contributed by atoms with Crippen molar-refractivity contribution in [2.24, 2.45) is 0 Å². The number of nitriles is 1. The Labute approximate surface area is 118 Å². The van der Waals surface area contributed by atoms with Gasteiger partial charge in [0.2, 0.25) is 0 Å². The molecule has 0 saturated carbocycles. The van der Waals surface area contributed by atoms with E-state index in [9.17, 15) is 5.26 Å². The zero-order chi connectivity index (χ0) is 14.4. The fraction of sp³-hybridized carbons (Fsp3) is 0.118. The van der Waals surface area contributed by atoms with Crippen LogP contribution < -0.4 is 9.47 Å². The van der Waals surface area contributed by atoms with Gasteiger partial charge >= 0.3 is 0 Å². The molecule has 0 fully saturated rings. The molecule has 0 atom stereocenters. The van der Waals surface area contributed by atoms with E-state index in [4.69, 9.17) is 9.47 Å². The second kappa shape index (κ2) is 6.44. The quantitative estimate of drug-likeness (QED) is 0.624. The van der Waals surface area contributed by atoms with Crippen molar-refractivity contribution in [2.45, 2.75) is 0 Å². The van der Waals surface area contributed by atoms with E-state index in [0.29, 0.717) is 11.3 Å². The van der Waals surface area contributed by atoms with Crippen molar-refractivity contribution in [1.82, 2.24) is 0 Å². The maximum Gasteiger partial charge on any atom is 0.129 e. The van der Waals surface area contributed by atoms with E-state index < -0.39 is 0 Å². The summed E-state index contributed by atoms with van der Waals surface area (Å²) in [4.78, 5) is 0. The first kappa shape index (κ1) is 13.7. The third-order valence-corrected chi connectivity index (χ3v) is 2.95. The summed E-state index contributed by atoms with van der Waals surface area (Å²) in [5, 5.41) is 9.32. The number of hydrogen-bond donors (Lipinski definition) is 0. The second-order valence-electron chi connectivity index (χ2n) is 4.14. The summed E-state index contributed by atoms with van der Waals surface area (Å²) in [7, 11) is 3.20. The summed E-state index contributed by atoms with van der Waals surface area (Å²) in [5.74, 6) is 1.39. The zero-order valence-electron chi connectivity index (χ0n) is 11.5. The minimum absolute atomic E-state index is 0.592. The molecule has 100 valence electrons. The summed E-state index contributed by atoms with van der Waals surface area (Å²) in [6.07, 6.45) is 1.81. The van der Waals surface area contributed by atoms with Gasteiger partial charge in [-0.15, -0.1) is 0 Å². The van der Waals surface area contributed by atoms with Crippen molar-refractivity contribution in [1.29, 1.82) is 5.26 Å². The summed E-state index contributed by atoms with van der Waals surface area (Å²) in [6.45, 7) is 0. The third-order valence-electron chi connectivity index (χ3n) is 2.95. The van der Waals surface area contributed by atoms with Crippen molar-refractivity contribution in [3.05, 3.63) is 59.7 Å². The molecule has 0 amide bonds. The highest BCUT2D eigenvalue weighted by atomic mass is 16.5.